The van der Waals surface area contributed by atoms with Crippen molar-refractivity contribution < 1.29 is 9.47 Å². The number of nitrogens with zero attached hydrogens (tertiary/aromatic N) is 1. The van der Waals surface area contributed by atoms with Gasteiger partial charge < -0.3 is 14.8 Å². The van der Waals surface area contributed by atoms with Crippen LogP contribution in [0.4, 0.5) is 0 Å². The molecule has 0 aliphatic rings. The summed E-state index contributed by atoms with van der Waals surface area (Å²) in [4.78, 5) is 0. The van der Waals surface area contributed by atoms with Crippen molar-refractivity contribution in [3.8, 4) is 11.5 Å². The van der Waals surface area contributed by atoms with E-state index in [4.69, 9.17) is 33.3 Å². The summed E-state index contributed by atoms with van der Waals surface area (Å²) in [5.41, 5.74) is 4.63. The van der Waals surface area contributed by atoms with Gasteiger partial charge in [0.15, 0.2) is 16.6 Å². The molecule has 2 rings (SSSR count). The molecule has 0 spiro atoms. The van der Waals surface area contributed by atoms with Gasteiger partial charge in [0.1, 0.15) is 6.61 Å². The lowest BCUT2D eigenvalue weighted by molar-refractivity contribution is 0.284. The molecule has 0 radical (unpaired) electrons. The third kappa shape index (κ3) is 6.25. The second kappa shape index (κ2) is 9.86. The Morgan fingerprint density at radius 1 is 1.20 bits per heavy atom. The quantitative estimate of drug-likeness (QED) is 0.437. The summed E-state index contributed by atoms with van der Waals surface area (Å²) >= 11 is 10.9. The van der Waals surface area contributed by atoms with Crippen LogP contribution < -0.4 is 20.2 Å². The van der Waals surface area contributed by atoms with Crippen LogP contribution in [-0.2, 0) is 6.61 Å². The van der Waals surface area contributed by atoms with Gasteiger partial charge in [-0.3, -0.25) is 5.43 Å². The SMILES string of the molecule is CCNC(=S)N/N=C/c1ccc(OC)c(OCc2ccc(Cl)cc2)c1. The molecule has 0 unspecified atom stereocenters. The second-order valence-corrected chi connectivity index (χ2v) is 5.90. The molecule has 5 nitrogen and oxygen atoms in total. The highest BCUT2D eigenvalue weighted by molar-refractivity contribution is 7.80. The predicted molar refractivity (Wildman–Crippen MR) is 106 cm³/mol. The van der Waals surface area contributed by atoms with Gasteiger partial charge in [0.2, 0.25) is 0 Å². The standard InChI is InChI=1S/C18H20ClN3O2S/c1-3-20-18(25)22-21-11-14-6-9-16(23-2)17(10-14)24-12-13-4-7-15(19)8-5-13/h4-11H,3,12H2,1-2H3,(H2,20,22,25)/b21-11+. The van der Waals surface area contributed by atoms with E-state index in [-0.39, 0.29) is 0 Å². The molecule has 0 atom stereocenters. The Labute approximate surface area is 158 Å². The molecule has 2 N–H and O–H groups in total. The normalized spacial score (nSPS) is 10.5. The van der Waals surface area contributed by atoms with Crippen LogP contribution in [0.3, 0.4) is 0 Å². The van der Waals surface area contributed by atoms with Crippen molar-refractivity contribution in [1.82, 2.24) is 10.7 Å². The minimum atomic E-state index is 0.414. The van der Waals surface area contributed by atoms with E-state index in [1.807, 2.05) is 49.4 Å². The zero-order valence-corrected chi connectivity index (χ0v) is 15.7. The topological polar surface area (TPSA) is 54.9 Å². The van der Waals surface area contributed by atoms with Crippen LogP contribution in [-0.4, -0.2) is 25.0 Å². The zero-order chi connectivity index (χ0) is 18.1. The Balaban J connectivity index is 2.04. The average molecular weight is 378 g/mol. The molecule has 0 heterocycles. The number of ether oxygens (including phenoxy) is 2. The Hall–Kier alpha value is -2.31. The van der Waals surface area contributed by atoms with Crippen LogP contribution in [0.5, 0.6) is 11.5 Å². The van der Waals surface area contributed by atoms with E-state index < -0.39 is 0 Å². The molecule has 0 amide bonds. The first kappa shape index (κ1) is 19.0. The van der Waals surface area contributed by atoms with E-state index in [0.717, 1.165) is 17.7 Å². The molecule has 0 aromatic heterocycles. The smallest absolute Gasteiger partial charge is 0.186 e. The maximum absolute atomic E-state index is 5.89. The lowest BCUT2D eigenvalue weighted by Gasteiger charge is -2.11. The van der Waals surface area contributed by atoms with Gasteiger partial charge in [-0.15, -0.1) is 0 Å². The summed E-state index contributed by atoms with van der Waals surface area (Å²) in [6.07, 6.45) is 1.66. The second-order valence-electron chi connectivity index (χ2n) is 5.05. The van der Waals surface area contributed by atoms with Gasteiger partial charge in [-0.25, -0.2) is 0 Å². The Morgan fingerprint density at radius 3 is 2.64 bits per heavy atom. The summed E-state index contributed by atoms with van der Waals surface area (Å²) < 4.78 is 11.2. The van der Waals surface area contributed by atoms with E-state index >= 15 is 0 Å². The van der Waals surface area contributed by atoms with Crippen molar-refractivity contribution in [3.63, 3.8) is 0 Å². The van der Waals surface area contributed by atoms with Crippen molar-refractivity contribution in [1.29, 1.82) is 0 Å². The summed E-state index contributed by atoms with van der Waals surface area (Å²) in [7, 11) is 1.61. The third-order valence-electron chi connectivity index (χ3n) is 3.21. The maximum atomic E-state index is 5.89. The van der Waals surface area contributed by atoms with Gasteiger partial charge in [-0.2, -0.15) is 5.10 Å². The number of halogens is 1. The van der Waals surface area contributed by atoms with E-state index in [9.17, 15) is 0 Å². The van der Waals surface area contributed by atoms with Crippen LogP contribution in [0.1, 0.15) is 18.1 Å². The predicted octanol–water partition coefficient (Wildman–Crippen LogP) is 3.75. The fourth-order valence-electron chi connectivity index (χ4n) is 1.99. The first-order chi connectivity index (χ1) is 12.1. The number of hydrogen-bond donors (Lipinski definition) is 2. The molecule has 2 aromatic rings. The fraction of sp³-hybridized carbons (Fsp3) is 0.222. The van der Waals surface area contributed by atoms with E-state index in [1.165, 1.54) is 0 Å². The minimum Gasteiger partial charge on any atom is -0.493 e. The van der Waals surface area contributed by atoms with Crippen molar-refractivity contribution in [3.05, 3.63) is 58.6 Å². The zero-order valence-electron chi connectivity index (χ0n) is 14.1. The van der Waals surface area contributed by atoms with Crippen LogP contribution in [0.2, 0.25) is 5.02 Å². The largest absolute Gasteiger partial charge is 0.493 e. The van der Waals surface area contributed by atoms with E-state index in [1.54, 1.807) is 13.3 Å². The van der Waals surface area contributed by atoms with Crippen molar-refractivity contribution in [2.75, 3.05) is 13.7 Å². The van der Waals surface area contributed by atoms with Crippen LogP contribution in [0.25, 0.3) is 0 Å². The molecule has 0 saturated carbocycles. The Bertz CT molecular complexity index is 736. The highest BCUT2D eigenvalue weighted by atomic mass is 35.5. The molecular formula is C18H20ClN3O2S. The fourth-order valence-corrected chi connectivity index (χ4v) is 2.32. The number of benzene rings is 2. The molecule has 0 aliphatic heterocycles. The van der Waals surface area contributed by atoms with Crippen LogP contribution >= 0.6 is 23.8 Å². The number of methoxy groups -OCH3 is 1. The molecular weight excluding hydrogens is 358 g/mol. The molecule has 0 saturated heterocycles. The van der Waals surface area contributed by atoms with Crippen molar-refractivity contribution in [2.24, 2.45) is 5.10 Å². The van der Waals surface area contributed by atoms with Gasteiger partial charge >= 0.3 is 0 Å². The highest BCUT2D eigenvalue weighted by Gasteiger charge is 2.06. The Morgan fingerprint density at radius 2 is 1.96 bits per heavy atom. The van der Waals surface area contributed by atoms with Gasteiger partial charge in [0, 0.05) is 11.6 Å². The van der Waals surface area contributed by atoms with Gasteiger partial charge in [0.05, 0.1) is 13.3 Å². The summed E-state index contributed by atoms with van der Waals surface area (Å²) in [5.74, 6) is 1.29. The molecule has 0 aliphatic carbocycles. The number of thiocarbonyl (C=S) groups is 1. The first-order valence-corrected chi connectivity index (χ1v) is 8.53. The summed E-state index contributed by atoms with van der Waals surface area (Å²) in [6, 6.07) is 13.1. The minimum absolute atomic E-state index is 0.414. The molecule has 7 heteroatoms. The monoisotopic (exact) mass is 377 g/mol. The molecule has 132 valence electrons. The van der Waals surface area contributed by atoms with Crippen LogP contribution in [0, 0.1) is 0 Å². The molecule has 2 aromatic carbocycles. The van der Waals surface area contributed by atoms with Crippen molar-refractivity contribution >= 4 is 35.1 Å². The highest BCUT2D eigenvalue weighted by Crippen LogP contribution is 2.28. The lowest BCUT2D eigenvalue weighted by Crippen LogP contribution is -2.31. The van der Waals surface area contributed by atoms with Crippen LogP contribution in [0.15, 0.2) is 47.6 Å². The van der Waals surface area contributed by atoms with Gasteiger partial charge in [-0.05, 0) is 60.6 Å². The van der Waals surface area contributed by atoms with E-state index in [2.05, 4.69) is 15.8 Å². The van der Waals surface area contributed by atoms with Gasteiger partial charge in [0.25, 0.3) is 0 Å². The number of nitrogens with one attached hydrogen (secondary N) is 2. The average Bonchev–Trinajstić information content (AvgIpc) is 2.61. The van der Waals surface area contributed by atoms with Gasteiger partial charge in [-0.1, -0.05) is 23.7 Å². The number of hydrazone groups is 1. The maximum Gasteiger partial charge on any atom is 0.186 e. The summed E-state index contributed by atoms with van der Waals surface area (Å²) in [6.45, 7) is 3.12. The lowest BCUT2D eigenvalue weighted by atomic mass is 10.2. The molecule has 25 heavy (non-hydrogen) atoms. The van der Waals surface area contributed by atoms with Crippen molar-refractivity contribution in [2.45, 2.75) is 13.5 Å². The number of hydrogen-bond acceptors (Lipinski definition) is 4. The molecule has 0 bridgehead atoms. The third-order valence-corrected chi connectivity index (χ3v) is 3.70. The Kier molecular flexibility index (Phi) is 7.50. The van der Waals surface area contributed by atoms with E-state index in [0.29, 0.717) is 28.2 Å². The molecule has 0 fully saturated rings. The first-order valence-electron chi connectivity index (χ1n) is 7.74. The number of rotatable bonds is 7. The summed E-state index contributed by atoms with van der Waals surface area (Å²) in [5, 5.41) is 8.23.